The first-order valence-corrected chi connectivity index (χ1v) is 13.6. The minimum absolute atomic E-state index is 0.0680. The lowest BCUT2D eigenvalue weighted by atomic mass is 9.92. The molecule has 1 amide bonds. The van der Waals surface area contributed by atoms with Crippen molar-refractivity contribution in [3.8, 4) is 0 Å². The number of likely N-dealkylation sites (tertiary alicyclic amines) is 1. The van der Waals surface area contributed by atoms with Crippen LogP contribution in [-0.4, -0.2) is 59.7 Å². The fourth-order valence-electron chi connectivity index (χ4n) is 4.92. The van der Waals surface area contributed by atoms with Crippen LogP contribution in [0, 0.1) is 5.92 Å². The number of hydrogen-bond acceptors (Lipinski definition) is 5. The Balaban J connectivity index is 1.62. The van der Waals surface area contributed by atoms with E-state index in [9.17, 15) is 35.9 Å². The summed E-state index contributed by atoms with van der Waals surface area (Å²) in [5.74, 6) is -2.76. The second kappa shape index (κ2) is 12.5. The van der Waals surface area contributed by atoms with Gasteiger partial charge >= 0.3 is 18.3 Å². The van der Waals surface area contributed by atoms with E-state index in [-0.39, 0.29) is 39.1 Å². The number of halogens is 6. The molecule has 1 N–H and O–H groups in total. The van der Waals surface area contributed by atoms with E-state index >= 15 is 0 Å². The predicted molar refractivity (Wildman–Crippen MR) is 138 cm³/mol. The molecule has 6 nitrogen and oxygen atoms in total. The lowest BCUT2D eigenvalue weighted by Gasteiger charge is -2.32. The smallest absolute Gasteiger partial charge is 0.418 e. The molecule has 2 aliphatic heterocycles. The van der Waals surface area contributed by atoms with Crippen molar-refractivity contribution in [1.29, 1.82) is 0 Å². The molecule has 2 saturated heterocycles. The molecule has 2 heterocycles. The number of aliphatic carboxylic acids is 1. The second-order valence-corrected chi connectivity index (χ2v) is 11.0. The van der Waals surface area contributed by atoms with Crippen LogP contribution in [0.2, 0.25) is 0 Å². The third kappa shape index (κ3) is 7.44. The van der Waals surface area contributed by atoms with Gasteiger partial charge in [-0.15, -0.1) is 0 Å². The number of nitrogens with zero attached hydrogens (tertiary/aromatic N) is 1. The fraction of sp³-hybridized carbons (Fsp3) is 0.429. The molecular weight excluding hydrogens is 576 g/mol. The normalized spacial score (nSPS) is 20.6. The SMILES string of the molecule is C=C(C(=O)N1CCC(C(=O)O)CC1)c1ccc(SC2COCC(Cc3ccccc3)O2)c(C(F)(F)F)c1C(F)(F)F. The number of rotatable bonds is 7. The largest absolute Gasteiger partial charge is 0.481 e. The van der Waals surface area contributed by atoms with Gasteiger partial charge in [0.1, 0.15) is 5.44 Å². The van der Waals surface area contributed by atoms with Crippen LogP contribution >= 0.6 is 11.8 Å². The maximum absolute atomic E-state index is 14.3. The Morgan fingerprint density at radius 1 is 0.951 bits per heavy atom. The molecule has 41 heavy (non-hydrogen) atoms. The van der Waals surface area contributed by atoms with E-state index in [1.165, 1.54) is 0 Å². The number of carbonyl (C=O) groups is 2. The third-order valence-electron chi connectivity index (χ3n) is 6.92. The molecule has 13 heteroatoms. The number of amides is 1. The van der Waals surface area contributed by atoms with Gasteiger partial charge in [0, 0.05) is 30.0 Å². The zero-order valence-corrected chi connectivity index (χ0v) is 22.5. The van der Waals surface area contributed by atoms with E-state index < -0.39 is 68.8 Å². The minimum Gasteiger partial charge on any atom is -0.481 e. The molecule has 0 radical (unpaired) electrons. The highest BCUT2D eigenvalue weighted by atomic mass is 32.2. The number of carboxylic acid groups (broad SMARTS) is 1. The lowest BCUT2D eigenvalue weighted by molar-refractivity contribution is -0.164. The van der Waals surface area contributed by atoms with Gasteiger partial charge < -0.3 is 19.5 Å². The van der Waals surface area contributed by atoms with Crippen molar-refractivity contribution in [2.75, 3.05) is 26.3 Å². The van der Waals surface area contributed by atoms with Gasteiger partial charge in [0.15, 0.2) is 0 Å². The summed E-state index contributed by atoms with van der Waals surface area (Å²) < 4.78 is 97.2. The summed E-state index contributed by atoms with van der Waals surface area (Å²) in [5, 5.41) is 9.14. The van der Waals surface area contributed by atoms with Crippen LogP contribution < -0.4 is 0 Å². The van der Waals surface area contributed by atoms with Gasteiger partial charge in [-0.05, 0) is 30.0 Å². The zero-order chi connectivity index (χ0) is 29.9. The van der Waals surface area contributed by atoms with Crippen molar-refractivity contribution < 1.29 is 50.5 Å². The molecule has 0 aromatic heterocycles. The summed E-state index contributed by atoms with van der Waals surface area (Å²) in [6, 6.07) is 10.9. The van der Waals surface area contributed by atoms with Gasteiger partial charge in [0.25, 0.3) is 5.91 Å². The first kappa shape index (κ1) is 30.9. The molecule has 2 aromatic rings. The number of thioether (sulfide) groups is 1. The molecule has 222 valence electrons. The Bertz CT molecular complexity index is 1280. The van der Waals surface area contributed by atoms with Crippen molar-refractivity contribution >= 4 is 29.2 Å². The number of carboxylic acids is 1. The van der Waals surface area contributed by atoms with Gasteiger partial charge in [-0.3, -0.25) is 9.59 Å². The number of hydrogen-bond donors (Lipinski definition) is 1. The highest BCUT2D eigenvalue weighted by Gasteiger charge is 2.48. The standard InChI is InChI=1S/C28H27F6NO5S/c1-16(25(36)35-11-9-18(10-12-35)26(37)38)20-7-8-21(24(28(32,33)34)23(20)27(29,30)31)41-22-15-39-14-19(40-22)13-17-5-3-2-4-6-17/h2-8,18-19,22H,1,9-15H2,(H,37,38). The molecule has 2 atom stereocenters. The minimum atomic E-state index is -5.48. The van der Waals surface area contributed by atoms with E-state index in [4.69, 9.17) is 14.6 Å². The number of carbonyl (C=O) groups excluding carboxylic acids is 1. The Labute approximate surface area is 236 Å². The average Bonchev–Trinajstić information content (AvgIpc) is 2.91. The summed E-state index contributed by atoms with van der Waals surface area (Å²) in [6.07, 6.45) is -10.9. The van der Waals surface area contributed by atoms with E-state index in [1.54, 1.807) is 0 Å². The molecule has 4 rings (SSSR count). The van der Waals surface area contributed by atoms with E-state index in [1.807, 2.05) is 30.3 Å². The molecule has 2 unspecified atom stereocenters. The van der Waals surface area contributed by atoms with Crippen LogP contribution in [0.1, 0.15) is 35.1 Å². The van der Waals surface area contributed by atoms with Crippen molar-refractivity contribution in [2.45, 2.75) is 48.1 Å². The van der Waals surface area contributed by atoms with Crippen LogP contribution in [0.25, 0.3) is 5.57 Å². The quantitative estimate of drug-likeness (QED) is 0.303. The van der Waals surface area contributed by atoms with Crippen LogP contribution in [0.15, 0.2) is 53.9 Å². The van der Waals surface area contributed by atoms with Crippen LogP contribution in [0.4, 0.5) is 26.3 Å². The van der Waals surface area contributed by atoms with E-state index in [2.05, 4.69) is 6.58 Å². The molecule has 0 saturated carbocycles. The maximum atomic E-state index is 14.3. The average molecular weight is 604 g/mol. The molecular formula is C28H27F6NO5S. The van der Waals surface area contributed by atoms with Crippen molar-refractivity contribution in [2.24, 2.45) is 5.92 Å². The zero-order valence-electron chi connectivity index (χ0n) is 21.6. The van der Waals surface area contributed by atoms with Gasteiger partial charge in [0.05, 0.1) is 36.4 Å². The molecule has 0 bridgehead atoms. The summed E-state index contributed by atoms with van der Waals surface area (Å²) in [4.78, 5) is 24.6. The van der Waals surface area contributed by atoms with Gasteiger partial charge in [-0.25, -0.2) is 0 Å². The lowest BCUT2D eigenvalue weighted by Crippen LogP contribution is -2.40. The molecule has 0 spiro atoms. The third-order valence-corrected chi connectivity index (χ3v) is 8.02. The first-order chi connectivity index (χ1) is 19.3. The predicted octanol–water partition coefficient (Wildman–Crippen LogP) is 6.14. The first-order valence-electron chi connectivity index (χ1n) is 12.7. The van der Waals surface area contributed by atoms with Crippen molar-refractivity contribution in [1.82, 2.24) is 4.90 Å². The highest BCUT2D eigenvalue weighted by molar-refractivity contribution is 7.99. The number of piperidine rings is 1. The van der Waals surface area contributed by atoms with Gasteiger partial charge in [0.2, 0.25) is 0 Å². The molecule has 2 fully saturated rings. The monoisotopic (exact) mass is 603 g/mol. The summed E-state index contributed by atoms with van der Waals surface area (Å²) in [7, 11) is 0. The topological polar surface area (TPSA) is 76.1 Å². The molecule has 0 aliphatic carbocycles. The Morgan fingerprint density at radius 2 is 1.59 bits per heavy atom. The van der Waals surface area contributed by atoms with Crippen LogP contribution in [0.3, 0.4) is 0 Å². The fourth-order valence-corrected chi connectivity index (χ4v) is 6.06. The highest BCUT2D eigenvalue weighted by Crippen LogP contribution is 2.49. The van der Waals surface area contributed by atoms with Gasteiger partial charge in [-0.1, -0.05) is 54.7 Å². The number of ether oxygens (including phenoxy) is 2. The maximum Gasteiger partial charge on any atom is 0.418 e. The molecule has 2 aliphatic rings. The Hall–Kier alpha value is -3.03. The van der Waals surface area contributed by atoms with Crippen LogP contribution in [-0.2, 0) is 37.8 Å². The molecule has 2 aromatic carbocycles. The van der Waals surface area contributed by atoms with Crippen molar-refractivity contribution in [3.05, 3.63) is 71.3 Å². The summed E-state index contributed by atoms with van der Waals surface area (Å²) in [5.41, 5.74) is -5.78. The Kier molecular flexibility index (Phi) is 9.39. The summed E-state index contributed by atoms with van der Waals surface area (Å²) in [6.45, 7) is 3.33. The number of benzene rings is 2. The Morgan fingerprint density at radius 3 is 2.17 bits per heavy atom. The van der Waals surface area contributed by atoms with Gasteiger partial charge in [-0.2, -0.15) is 26.3 Å². The summed E-state index contributed by atoms with van der Waals surface area (Å²) >= 11 is 0.475. The second-order valence-electron chi connectivity index (χ2n) is 9.77. The van der Waals surface area contributed by atoms with E-state index in [0.717, 1.165) is 22.6 Å². The number of alkyl halides is 6. The van der Waals surface area contributed by atoms with Crippen molar-refractivity contribution in [3.63, 3.8) is 0 Å². The van der Waals surface area contributed by atoms with E-state index in [0.29, 0.717) is 18.2 Å². The van der Waals surface area contributed by atoms with Crippen LogP contribution in [0.5, 0.6) is 0 Å².